The molecule has 0 heterocycles. The van der Waals surface area contributed by atoms with Crippen molar-refractivity contribution in [3.8, 4) is 0 Å². The second kappa shape index (κ2) is 3.83. The summed E-state index contributed by atoms with van der Waals surface area (Å²) in [6, 6.07) is 0.507. The molecule has 2 atom stereocenters. The Hall–Kier alpha value is -0.300. The molecule has 2 unspecified atom stereocenters. The number of allylic oxidation sites excluding steroid dienone is 1. The first-order valence-electron chi connectivity index (χ1n) is 5.67. The Balaban J connectivity index is 1.74. The Kier molecular flexibility index (Phi) is 2.73. The summed E-state index contributed by atoms with van der Waals surface area (Å²) in [6.07, 6.45) is 10.1. The summed E-state index contributed by atoms with van der Waals surface area (Å²) in [5.74, 6) is 3.02. The first kappa shape index (κ1) is 9.26. The van der Waals surface area contributed by atoms with Crippen molar-refractivity contribution in [2.75, 3.05) is 0 Å². The molecule has 0 aromatic carbocycles. The highest BCUT2D eigenvalue weighted by Gasteiger charge is 2.42. The van der Waals surface area contributed by atoms with Gasteiger partial charge in [0.2, 0.25) is 0 Å². The van der Waals surface area contributed by atoms with Gasteiger partial charge in [0.1, 0.15) is 0 Å². The third-order valence-electron chi connectivity index (χ3n) is 3.87. The van der Waals surface area contributed by atoms with Crippen LogP contribution in [0.15, 0.2) is 12.7 Å². The molecule has 2 aliphatic rings. The van der Waals surface area contributed by atoms with Gasteiger partial charge in [-0.05, 0) is 56.3 Å². The maximum absolute atomic E-state index is 5.89. The van der Waals surface area contributed by atoms with Crippen LogP contribution in [0.25, 0.3) is 0 Å². The zero-order valence-electron chi connectivity index (χ0n) is 8.41. The van der Waals surface area contributed by atoms with E-state index in [4.69, 9.17) is 5.73 Å². The van der Waals surface area contributed by atoms with E-state index in [-0.39, 0.29) is 0 Å². The summed E-state index contributed by atoms with van der Waals surface area (Å²) < 4.78 is 0. The molecule has 2 aliphatic carbocycles. The van der Waals surface area contributed by atoms with Crippen LogP contribution in [0.3, 0.4) is 0 Å². The average Bonchev–Trinajstić information content (AvgIpc) is 2.86. The number of hydrogen-bond acceptors (Lipinski definition) is 1. The lowest BCUT2D eigenvalue weighted by molar-refractivity contribution is 0.286. The molecule has 0 aromatic rings. The Bertz CT molecular complexity index is 180. The van der Waals surface area contributed by atoms with Crippen LogP contribution in [0.4, 0.5) is 0 Å². The standard InChI is InChI=1S/C12H21N/c1-2-3-10-8-12(10)9-4-6-11(13)7-5-9/h2,9-12H,1,3-8,13H2. The van der Waals surface area contributed by atoms with Gasteiger partial charge in [-0.1, -0.05) is 6.08 Å². The number of nitrogens with two attached hydrogens (primary N) is 1. The van der Waals surface area contributed by atoms with Crippen molar-refractivity contribution < 1.29 is 0 Å². The molecule has 2 rings (SSSR count). The summed E-state index contributed by atoms with van der Waals surface area (Å²) in [5.41, 5.74) is 5.89. The van der Waals surface area contributed by atoms with Gasteiger partial charge < -0.3 is 5.73 Å². The normalized spacial score (nSPS) is 44.4. The molecule has 0 amide bonds. The third-order valence-corrected chi connectivity index (χ3v) is 3.87. The summed E-state index contributed by atoms with van der Waals surface area (Å²) in [6.45, 7) is 3.81. The maximum atomic E-state index is 5.89. The van der Waals surface area contributed by atoms with Crippen LogP contribution in [-0.2, 0) is 0 Å². The van der Waals surface area contributed by atoms with E-state index in [2.05, 4.69) is 12.7 Å². The first-order chi connectivity index (χ1) is 6.31. The van der Waals surface area contributed by atoms with Crippen molar-refractivity contribution in [1.82, 2.24) is 0 Å². The van der Waals surface area contributed by atoms with E-state index in [0.717, 1.165) is 17.8 Å². The molecule has 0 radical (unpaired) electrons. The van der Waals surface area contributed by atoms with Gasteiger partial charge in [0.25, 0.3) is 0 Å². The minimum absolute atomic E-state index is 0.507. The predicted octanol–water partition coefficient (Wildman–Crippen LogP) is 2.72. The van der Waals surface area contributed by atoms with Gasteiger partial charge in [-0.15, -0.1) is 6.58 Å². The van der Waals surface area contributed by atoms with Crippen molar-refractivity contribution in [2.45, 2.75) is 44.6 Å². The highest BCUT2D eigenvalue weighted by atomic mass is 14.6. The lowest BCUT2D eigenvalue weighted by Gasteiger charge is -2.26. The van der Waals surface area contributed by atoms with Gasteiger partial charge in [0.15, 0.2) is 0 Å². The van der Waals surface area contributed by atoms with Crippen molar-refractivity contribution >= 4 is 0 Å². The lowest BCUT2D eigenvalue weighted by atomic mass is 9.82. The van der Waals surface area contributed by atoms with Crippen molar-refractivity contribution in [1.29, 1.82) is 0 Å². The fourth-order valence-corrected chi connectivity index (χ4v) is 2.91. The molecule has 0 spiro atoms. The van der Waals surface area contributed by atoms with Gasteiger partial charge in [0.05, 0.1) is 0 Å². The van der Waals surface area contributed by atoms with Crippen LogP contribution in [0.1, 0.15) is 38.5 Å². The highest BCUT2D eigenvalue weighted by molar-refractivity contribution is 4.96. The molecule has 1 nitrogen and oxygen atoms in total. The SMILES string of the molecule is C=CCC1CC1C1CCC(N)CC1. The quantitative estimate of drug-likeness (QED) is 0.662. The summed E-state index contributed by atoms with van der Waals surface area (Å²) in [4.78, 5) is 0. The maximum Gasteiger partial charge on any atom is 0.00390 e. The summed E-state index contributed by atoms with van der Waals surface area (Å²) in [5, 5.41) is 0. The van der Waals surface area contributed by atoms with Crippen molar-refractivity contribution in [2.24, 2.45) is 23.5 Å². The molecule has 1 heteroatoms. The molecule has 0 bridgehead atoms. The minimum Gasteiger partial charge on any atom is -0.328 e. The van der Waals surface area contributed by atoms with Crippen LogP contribution in [0, 0.1) is 17.8 Å². The Morgan fingerprint density at radius 3 is 2.54 bits per heavy atom. The summed E-state index contributed by atoms with van der Waals surface area (Å²) >= 11 is 0. The molecular weight excluding hydrogens is 158 g/mol. The zero-order valence-corrected chi connectivity index (χ0v) is 8.41. The largest absolute Gasteiger partial charge is 0.328 e. The van der Waals surface area contributed by atoms with E-state index < -0.39 is 0 Å². The van der Waals surface area contributed by atoms with Crippen molar-refractivity contribution in [3.05, 3.63) is 12.7 Å². The fourth-order valence-electron chi connectivity index (χ4n) is 2.91. The highest BCUT2D eigenvalue weighted by Crippen LogP contribution is 2.50. The topological polar surface area (TPSA) is 26.0 Å². The molecular formula is C12H21N. The van der Waals surface area contributed by atoms with Crippen LogP contribution in [0.2, 0.25) is 0 Å². The van der Waals surface area contributed by atoms with Crippen LogP contribution < -0.4 is 5.73 Å². The second-order valence-corrected chi connectivity index (χ2v) is 4.86. The van der Waals surface area contributed by atoms with E-state index in [1.54, 1.807) is 0 Å². The van der Waals surface area contributed by atoms with Gasteiger partial charge in [-0.2, -0.15) is 0 Å². The van der Waals surface area contributed by atoms with Crippen LogP contribution >= 0.6 is 0 Å². The molecule has 13 heavy (non-hydrogen) atoms. The Morgan fingerprint density at radius 1 is 1.23 bits per heavy atom. The molecule has 2 N–H and O–H groups in total. The smallest absolute Gasteiger partial charge is 0.00390 e. The first-order valence-corrected chi connectivity index (χ1v) is 5.67. The monoisotopic (exact) mass is 179 g/mol. The molecule has 0 aliphatic heterocycles. The van der Waals surface area contributed by atoms with Gasteiger partial charge in [-0.25, -0.2) is 0 Å². The van der Waals surface area contributed by atoms with Gasteiger partial charge in [0, 0.05) is 6.04 Å². The average molecular weight is 179 g/mol. The molecule has 2 saturated carbocycles. The number of hydrogen-bond donors (Lipinski definition) is 1. The van der Waals surface area contributed by atoms with Crippen molar-refractivity contribution in [3.63, 3.8) is 0 Å². The minimum atomic E-state index is 0.507. The predicted molar refractivity (Wildman–Crippen MR) is 56.3 cm³/mol. The van der Waals surface area contributed by atoms with E-state index in [9.17, 15) is 0 Å². The molecule has 74 valence electrons. The Morgan fingerprint density at radius 2 is 1.92 bits per heavy atom. The van der Waals surface area contributed by atoms with Crippen LogP contribution in [0.5, 0.6) is 0 Å². The van der Waals surface area contributed by atoms with E-state index >= 15 is 0 Å². The zero-order chi connectivity index (χ0) is 9.26. The summed E-state index contributed by atoms with van der Waals surface area (Å²) in [7, 11) is 0. The fraction of sp³-hybridized carbons (Fsp3) is 0.833. The van der Waals surface area contributed by atoms with Crippen LogP contribution in [-0.4, -0.2) is 6.04 Å². The third kappa shape index (κ3) is 2.14. The lowest BCUT2D eigenvalue weighted by Crippen LogP contribution is -2.27. The molecule has 0 saturated heterocycles. The second-order valence-electron chi connectivity index (χ2n) is 4.86. The molecule has 0 aromatic heterocycles. The van der Waals surface area contributed by atoms with Gasteiger partial charge >= 0.3 is 0 Å². The number of rotatable bonds is 3. The van der Waals surface area contributed by atoms with E-state index in [1.165, 1.54) is 38.5 Å². The molecule has 2 fully saturated rings. The van der Waals surface area contributed by atoms with E-state index in [0.29, 0.717) is 6.04 Å². The van der Waals surface area contributed by atoms with Gasteiger partial charge in [-0.3, -0.25) is 0 Å². The van der Waals surface area contributed by atoms with E-state index in [1.807, 2.05) is 0 Å². The Labute approximate surface area is 81.4 Å².